The number of hydrogen-bond acceptors (Lipinski definition) is 4. The van der Waals surface area contributed by atoms with Crippen molar-refractivity contribution in [2.75, 3.05) is 13.7 Å². The van der Waals surface area contributed by atoms with Crippen LogP contribution in [0.4, 0.5) is 0 Å². The van der Waals surface area contributed by atoms with Gasteiger partial charge in [0.25, 0.3) is 0 Å². The lowest BCUT2D eigenvalue weighted by Gasteiger charge is -2.10. The fourth-order valence-electron chi connectivity index (χ4n) is 2.57. The fourth-order valence-corrected chi connectivity index (χ4v) is 2.99. The van der Waals surface area contributed by atoms with Crippen molar-refractivity contribution in [1.82, 2.24) is 0 Å². The molecule has 0 aliphatic heterocycles. The first kappa shape index (κ1) is 21.9. The van der Waals surface area contributed by atoms with Gasteiger partial charge in [-0.3, -0.25) is 4.18 Å². The van der Waals surface area contributed by atoms with Crippen LogP contribution in [0.1, 0.15) is 90.9 Å². The molecular weight excluding hydrogens is 300 g/mol. The van der Waals surface area contributed by atoms with Crippen molar-refractivity contribution in [3.8, 4) is 0 Å². The van der Waals surface area contributed by atoms with Crippen molar-refractivity contribution in [2.45, 2.75) is 90.9 Å². The molecule has 0 bridgehead atoms. The number of unbranched alkanes of at least 4 members (excludes halogenated alkanes) is 8. The van der Waals surface area contributed by atoms with Crippen LogP contribution < -0.4 is 0 Å². The van der Waals surface area contributed by atoms with Crippen molar-refractivity contribution in [2.24, 2.45) is 5.92 Å². The molecule has 0 spiro atoms. The van der Waals surface area contributed by atoms with Crippen molar-refractivity contribution < 1.29 is 16.8 Å². The average Bonchev–Trinajstić information content (AvgIpc) is 2.50. The summed E-state index contributed by atoms with van der Waals surface area (Å²) in [6.07, 6.45) is 15.0. The van der Waals surface area contributed by atoms with Gasteiger partial charge in [-0.1, -0.05) is 84.5 Å². The molecule has 0 N–H and O–H groups in total. The summed E-state index contributed by atoms with van der Waals surface area (Å²) in [6.45, 7) is 4.86. The normalized spacial score (nSPS) is 13.4. The first-order valence-corrected chi connectivity index (χ1v) is 10.3. The van der Waals surface area contributed by atoms with Crippen molar-refractivity contribution in [3.63, 3.8) is 0 Å². The van der Waals surface area contributed by atoms with Gasteiger partial charge in [0.2, 0.25) is 0 Å². The van der Waals surface area contributed by atoms with Crippen LogP contribution in [0.15, 0.2) is 0 Å². The highest BCUT2D eigenvalue weighted by Crippen LogP contribution is 2.18. The Hall–Kier alpha value is -0.130. The molecule has 5 heteroatoms. The van der Waals surface area contributed by atoms with Gasteiger partial charge < -0.3 is 0 Å². The zero-order valence-corrected chi connectivity index (χ0v) is 15.6. The molecule has 4 nitrogen and oxygen atoms in total. The van der Waals surface area contributed by atoms with Crippen LogP contribution in [0.5, 0.6) is 0 Å². The zero-order chi connectivity index (χ0) is 16.7. The largest absolute Gasteiger partial charge is 0.399 e. The monoisotopic (exact) mass is 336 g/mol. The Morgan fingerprint density at radius 3 is 1.86 bits per heavy atom. The van der Waals surface area contributed by atoms with Crippen LogP contribution in [0.2, 0.25) is 0 Å². The van der Waals surface area contributed by atoms with Gasteiger partial charge in [-0.2, -0.15) is 8.42 Å². The maximum absolute atomic E-state index is 10.9. The van der Waals surface area contributed by atoms with Gasteiger partial charge >= 0.3 is 10.4 Å². The minimum absolute atomic E-state index is 0.227. The molecule has 0 aromatic heterocycles. The van der Waals surface area contributed by atoms with E-state index in [2.05, 4.69) is 22.2 Å². The second-order valence-corrected chi connectivity index (χ2v) is 7.65. The highest BCUT2D eigenvalue weighted by atomic mass is 32.3. The minimum atomic E-state index is -3.74. The highest BCUT2D eigenvalue weighted by molar-refractivity contribution is 7.81. The molecule has 0 aliphatic carbocycles. The molecule has 0 aromatic carbocycles. The SMILES string of the molecule is CCCCCCC(C)CCCCCCCCOS(=O)(=O)OC. The molecule has 0 saturated carbocycles. The van der Waals surface area contributed by atoms with E-state index < -0.39 is 10.4 Å². The maximum Gasteiger partial charge on any atom is 0.399 e. The van der Waals surface area contributed by atoms with Crippen LogP contribution in [0, 0.1) is 5.92 Å². The van der Waals surface area contributed by atoms with Gasteiger partial charge in [-0.25, -0.2) is 4.18 Å². The maximum atomic E-state index is 10.9. The van der Waals surface area contributed by atoms with Crippen LogP contribution in [0.25, 0.3) is 0 Å². The van der Waals surface area contributed by atoms with Crippen molar-refractivity contribution in [3.05, 3.63) is 0 Å². The molecule has 1 unspecified atom stereocenters. The molecule has 0 fully saturated rings. The highest BCUT2D eigenvalue weighted by Gasteiger charge is 2.07. The molecule has 1 atom stereocenters. The third-order valence-corrected chi connectivity index (χ3v) is 4.94. The van der Waals surface area contributed by atoms with Gasteiger partial charge in [0, 0.05) is 0 Å². The van der Waals surface area contributed by atoms with E-state index in [1.807, 2.05) is 0 Å². The van der Waals surface area contributed by atoms with Crippen LogP contribution in [-0.2, 0) is 18.8 Å². The van der Waals surface area contributed by atoms with Crippen molar-refractivity contribution >= 4 is 10.4 Å². The second kappa shape index (κ2) is 14.5. The predicted molar refractivity (Wildman–Crippen MR) is 92.1 cm³/mol. The van der Waals surface area contributed by atoms with Crippen LogP contribution in [-0.4, -0.2) is 22.1 Å². The Kier molecular flexibility index (Phi) is 14.4. The van der Waals surface area contributed by atoms with E-state index in [1.165, 1.54) is 57.8 Å². The molecule has 0 radical (unpaired) electrons. The summed E-state index contributed by atoms with van der Waals surface area (Å²) in [6, 6.07) is 0. The van der Waals surface area contributed by atoms with Gasteiger partial charge in [-0.15, -0.1) is 0 Å². The summed E-state index contributed by atoms with van der Waals surface area (Å²) in [5.74, 6) is 0.865. The summed E-state index contributed by atoms with van der Waals surface area (Å²) in [5, 5.41) is 0. The quantitative estimate of drug-likeness (QED) is 0.362. The molecule has 0 aliphatic rings. The molecule has 0 amide bonds. The first-order valence-electron chi connectivity index (χ1n) is 8.96. The van der Waals surface area contributed by atoms with E-state index >= 15 is 0 Å². The standard InChI is InChI=1S/C17H36O4S/c1-4-5-6-11-14-17(2)15-12-9-7-8-10-13-16-21-22(18,19)20-3/h17H,4-16H2,1-3H3. The fraction of sp³-hybridized carbons (Fsp3) is 1.00. The van der Waals surface area contributed by atoms with Crippen LogP contribution >= 0.6 is 0 Å². The van der Waals surface area contributed by atoms with E-state index in [-0.39, 0.29) is 6.61 Å². The molecule has 0 heterocycles. The molecule has 0 aromatic rings. The summed E-state index contributed by atoms with van der Waals surface area (Å²) >= 11 is 0. The van der Waals surface area contributed by atoms with Crippen molar-refractivity contribution in [1.29, 1.82) is 0 Å². The average molecular weight is 337 g/mol. The smallest absolute Gasteiger partial charge is 0.252 e. The Balaban J connectivity index is 3.26. The lowest BCUT2D eigenvalue weighted by Crippen LogP contribution is -2.08. The molecule has 0 saturated heterocycles. The second-order valence-electron chi connectivity index (χ2n) is 6.26. The zero-order valence-electron chi connectivity index (χ0n) is 14.8. The molecule has 134 valence electrons. The third kappa shape index (κ3) is 14.8. The number of hydrogen-bond donors (Lipinski definition) is 0. The van der Waals surface area contributed by atoms with Crippen LogP contribution in [0.3, 0.4) is 0 Å². The van der Waals surface area contributed by atoms with Gasteiger partial charge in [0.05, 0.1) is 13.7 Å². The Labute approximate surface area is 138 Å². The van der Waals surface area contributed by atoms with E-state index in [4.69, 9.17) is 0 Å². The Morgan fingerprint density at radius 2 is 1.32 bits per heavy atom. The lowest BCUT2D eigenvalue weighted by molar-refractivity contribution is 0.238. The topological polar surface area (TPSA) is 52.6 Å². The third-order valence-electron chi connectivity index (χ3n) is 4.07. The molecule has 0 rings (SSSR count). The Morgan fingerprint density at radius 1 is 0.818 bits per heavy atom. The van der Waals surface area contributed by atoms with E-state index in [9.17, 15) is 8.42 Å². The van der Waals surface area contributed by atoms with Gasteiger partial charge in [0.1, 0.15) is 0 Å². The summed E-state index contributed by atoms with van der Waals surface area (Å²) in [5.41, 5.74) is 0. The van der Waals surface area contributed by atoms with E-state index in [0.717, 1.165) is 32.3 Å². The predicted octanol–water partition coefficient (Wildman–Crippen LogP) is 5.23. The van der Waals surface area contributed by atoms with E-state index in [1.54, 1.807) is 0 Å². The first-order chi connectivity index (χ1) is 10.5. The molecule has 22 heavy (non-hydrogen) atoms. The summed E-state index contributed by atoms with van der Waals surface area (Å²) in [4.78, 5) is 0. The Bertz CT molecular complexity index is 328. The number of rotatable bonds is 16. The van der Waals surface area contributed by atoms with Gasteiger partial charge in [-0.05, 0) is 12.3 Å². The lowest BCUT2D eigenvalue weighted by atomic mass is 9.96. The van der Waals surface area contributed by atoms with E-state index in [0.29, 0.717) is 0 Å². The van der Waals surface area contributed by atoms with Gasteiger partial charge in [0.15, 0.2) is 0 Å². The summed E-state index contributed by atoms with van der Waals surface area (Å²) in [7, 11) is -2.63. The summed E-state index contributed by atoms with van der Waals surface area (Å²) < 4.78 is 30.7. The minimum Gasteiger partial charge on any atom is -0.252 e. The molecular formula is C17H36O4S.